The van der Waals surface area contributed by atoms with E-state index in [2.05, 4.69) is 4.98 Å². The lowest BCUT2D eigenvalue weighted by Gasteiger charge is -2.09. The molecule has 0 spiro atoms. The summed E-state index contributed by atoms with van der Waals surface area (Å²) in [6, 6.07) is 0. The normalized spacial score (nSPS) is 10.7. The first-order valence-electron chi connectivity index (χ1n) is 3.58. The summed E-state index contributed by atoms with van der Waals surface area (Å²) in [5.74, 6) is 0. The molecule has 0 amide bonds. The van der Waals surface area contributed by atoms with Gasteiger partial charge in [0, 0.05) is 11.8 Å². The van der Waals surface area contributed by atoms with Gasteiger partial charge in [-0.3, -0.25) is 4.79 Å². The quantitative estimate of drug-likeness (QED) is 0.473. The number of rotatable bonds is 2. The molecule has 0 radical (unpaired) electrons. The van der Waals surface area contributed by atoms with Crippen molar-refractivity contribution in [2.75, 3.05) is 0 Å². The molecule has 6 heteroatoms. The van der Waals surface area contributed by atoms with Crippen LogP contribution in [-0.2, 0) is 0 Å². The smallest absolute Gasteiger partial charge is 0.265 e. The second-order valence-electron chi connectivity index (χ2n) is 2.58. The molecule has 0 bridgehead atoms. The number of nitrogens with zero attached hydrogens (tertiary/aromatic N) is 1. The Kier molecular flexibility index (Phi) is 3.77. The van der Waals surface area contributed by atoms with Crippen LogP contribution in [-0.4, -0.2) is 10.2 Å². The highest BCUT2D eigenvalue weighted by Crippen LogP contribution is 2.28. The fraction of sp³-hybridized carbons (Fsp3) is 0.250. The summed E-state index contributed by atoms with van der Waals surface area (Å²) in [4.78, 5) is 14.6. The third-order valence-electron chi connectivity index (χ3n) is 1.74. The Morgan fingerprint density at radius 3 is 2.64 bits per heavy atom. The minimum Gasteiger partial charge on any atom is -0.276 e. The van der Waals surface area contributed by atoms with Crippen LogP contribution in [0.1, 0.15) is 27.9 Å². The first-order valence-corrected chi connectivity index (χ1v) is 5.03. The van der Waals surface area contributed by atoms with Crippen LogP contribution in [0.2, 0.25) is 0 Å². The summed E-state index contributed by atoms with van der Waals surface area (Å²) < 4.78 is 25.6. The maximum absolute atomic E-state index is 12.6. The van der Waals surface area contributed by atoms with Crippen molar-refractivity contribution in [3.63, 3.8) is 0 Å². The van der Waals surface area contributed by atoms with Gasteiger partial charge in [0.15, 0.2) is 0 Å². The van der Waals surface area contributed by atoms with Crippen LogP contribution in [0.4, 0.5) is 8.78 Å². The van der Waals surface area contributed by atoms with Crippen molar-refractivity contribution in [1.82, 2.24) is 4.98 Å². The van der Waals surface area contributed by atoms with Crippen molar-refractivity contribution < 1.29 is 13.6 Å². The Labute approximate surface area is 97.8 Å². The monoisotopic (exact) mass is 331 g/mol. The Morgan fingerprint density at radius 1 is 1.64 bits per heavy atom. The molecule has 0 aliphatic carbocycles. The molecular weight excluding hydrogens is 326 g/mol. The molecule has 1 aromatic heterocycles. The van der Waals surface area contributed by atoms with E-state index in [9.17, 15) is 13.6 Å². The number of carbonyl (C=O) groups excluding carboxylic acids is 1. The topological polar surface area (TPSA) is 30.0 Å². The van der Waals surface area contributed by atoms with E-state index in [0.717, 1.165) is 6.20 Å². The fourth-order valence-corrected chi connectivity index (χ4v) is 1.62. The molecule has 1 heterocycles. The molecule has 0 saturated carbocycles. The van der Waals surface area contributed by atoms with Gasteiger partial charge in [-0.05, 0) is 46.7 Å². The molecule has 0 aromatic carbocycles. The predicted octanol–water partition coefficient (Wildman–Crippen LogP) is 3.31. The van der Waals surface area contributed by atoms with Gasteiger partial charge in [0.05, 0.1) is 5.56 Å². The Bertz CT molecular complexity index is 384. The van der Waals surface area contributed by atoms with Crippen LogP contribution in [0.25, 0.3) is 0 Å². The number of pyridine rings is 1. The van der Waals surface area contributed by atoms with Gasteiger partial charge >= 0.3 is 0 Å². The van der Waals surface area contributed by atoms with Crippen molar-refractivity contribution in [1.29, 1.82) is 0 Å². The summed E-state index contributed by atoms with van der Waals surface area (Å²) in [5, 5.41) is -0.910. The highest BCUT2D eigenvalue weighted by atomic mass is 127. The minimum atomic E-state index is -2.72. The largest absolute Gasteiger partial charge is 0.276 e. The molecule has 2 nitrogen and oxygen atoms in total. The molecule has 1 rings (SSSR count). The summed E-state index contributed by atoms with van der Waals surface area (Å²) in [7, 11) is 0. The third-order valence-corrected chi connectivity index (χ3v) is 3.03. The van der Waals surface area contributed by atoms with Gasteiger partial charge in [0.2, 0.25) is 0 Å². The fourth-order valence-electron chi connectivity index (χ4n) is 1.04. The molecule has 1 aromatic rings. The maximum atomic E-state index is 12.6. The molecule has 0 saturated heterocycles. The van der Waals surface area contributed by atoms with Gasteiger partial charge in [-0.25, -0.2) is 13.8 Å². The standard InChI is InChI=1S/C8H5ClF2INO/c1-3-5(7(10)11)4(6(9)14)2-13-8(3)12/h2,7H,1H3. The third kappa shape index (κ3) is 2.20. The number of alkyl halides is 2. The van der Waals surface area contributed by atoms with Crippen LogP contribution in [0.3, 0.4) is 0 Å². The average molecular weight is 331 g/mol. The molecule has 0 fully saturated rings. The second kappa shape index (κ2) is 4.48. The van der Waals surface area contributed by atoms with Gasteiger partial charge in [0.25, 0.3) is 11.7 Å². The highest BCUT2D eigenvalue weighted by molar-refractivity contribution is 14.1. The van der Waals surface area contributed by atoms with Crippen LogP contribution in [0.15, 0.2) is 6.20 Å². The predicted molar refractivity (Wildman–Crippen MR) is 56.8 cm³/mol. The van der Waals surface area contributed by atoms with E-state index in [1.54, 1.807) is 0 Å². The lowest BCUT2D eigenvalue weighted by molar-refractivity contribution is 0.106. The number of carbonyl (C=O) groups is 1. The van der Waals surface area contributed by atoms with Gasteiger partial charge < -0.3 is 0 Å². The van der Waals surface area contributed by atoms with Gasteiger partial charge in [-0.15, -0.1) is 0 Å². The first-order chi connectivity index (χ1) is 6.45. The van der Waals surface area contributed by atoms with E-state index in [0.29, 0.717) is 9.26 Å². The molecule has 0 atom stereocenters. The zero-order valence-corrected chi connectivity index (χ0v) is 9.94. The molecule has 14 heavy (non-hydrogen) atoms. The minimum absolute atomic E-state index is 0.223. The lowest BCUT2D eigenvalue weighted by atomic mass is 10.1. The first kappa shape index (κ1) is 11.8. The second-order valence-corrected chi connectivity index (χ2v) is 3.94. The van der Waals surface area contributed by atoms with E-state index in [4.69, 9.17) is 11.6 Å². The number of hydrogen-bond donors (Lipinski definition) is 0. The lowest BCUT2D eigenvalue weighted by Crippen LogP contribution is -2.04. The van der Waals surface area contributed by atoms with E-state index in [-0.39, 0.29) is 11.1 Å². The van der Waals surface area contributed by atoms with Crippen molar-refractivity contribution in [2.45, 2.75) is 13.3 Å². The zero-order valence-electron chi connectivity index (χ0n) is 7.02. The van der Waals surface area contributed by atoms with Crippen molar-refractivity contribution in [3.8, 4) is 0 Å². The van der Waals surface area contributed by atoms with Crippen LogP contribution in [0.5, 0.6) is 0 Å². The number of halogens is 4. The molecule has 0 aliphatic heterocycles. The van der Waals surface area contributed by atoms with Crippen LogP contribution < -0.4 is 0 Å². The van der Waals surface area contributed by atoms with Crippen LogP contribution >= 0.6 is 34.2 Å². The zero-order chi connectivity index (χ0) is 10.9. The molecular formula is C8H5ClF2INO. The van der Waals surface area contributed by atoms with Crippen molar-refractivity contribution >= 4 is 39.4 Å². The summed E-state index contributed by atoms with van der Waals surface area (Å²) in [5.41, 5.74) is -0.254. The van der Waals surface area contributed by atoms with Gasteiger partial charge in [-0.2, -0.15) is 0 Å². The van der Waals surface area contributed by atoms with E-state index in [1.165, 1.54) is 6.92 Å². The number of hydrogen-bond acceptors (Lipinski definition) is 2. The molecule has 0 aliphatic rings. The summed E-state index contributed by atoms with van der Waals surface area (Å²) >= 11 is 6.99. The molecule has 0 N–H and O–H groups in total. The van der Waals surface area contributed by atoms with Crippen molar-refractivity contribution in [2.24, 2.45) is 0 Å². The highest BCUT2D eigenvalue weighted by Gasteiger charge is 2.21. The van der Waals surface area contributed by atoms with E-state index in [1.807, 2.05) is 22.6 Å². The van der Waals surface area contributed by atoms with E-state index >= 15 is 0 Å². The molecule has 76 valence electrons. The maximum Gasteiger partial charge on any atom is 0.265 e. The van der Waals surface area contributed by atoms with Crippen LogP contribution in [0, 0.1) is 10.6 Å². The Hall–Kier alpha value is -0.300. The molecule has 0 unspecified atom stereocenters. The van der Waals surface area contributed by atoms with E-state index < -0.39 is 11.7 Å². The summed E-state index contributed by atoms with van der Waals surface area (Å²) in [6.45, 7) is 1.49. The van der Waals surface area contributed by atoms with Gasteiger partial charge in [-0.1, -0.05) is 0 Å². The van der Waals surface area contributed by atoms with Crippen molar-refractivity contribution in [3.05, 3.63) is 26.6 Å². The Morgan fingerprint density at radius 2 is 2.21 bits per heavy atom. The summed E-state index contributed by atoms with van der Waals surface area (Å²) in [6.07, 6.45) is -1.64. The SMILES string of the molecule is Cc1c(I)ncc(C(=O)Cl)c1C(F)F. The Balaban J connectivity index is 3.45. The number of aromatic nitrogens is 1. The average Bonchev–Trinajstić information content (AvgIpc) is 2.08. The van der Waals surface area contributed by atoms with Gasteiger partial charge in [0.1, 0.15) is 3.70 Å².